The maximum absolute atomic E-state index is 11.2. The number of aliphatic hydroxyl groups excluding tert-OH is 1. The third-order valence-electron chi connectivity index (χ3n) is 3.23. The minimum atomic E-state index is -0.0906. The molecule has 1 heterocycles. The standard InChI is InChI=1S/C10H14O3/c1-6-2-3-7-9(8(6)4-11)5-13-10(7)12/h2,7-9,11H,3-5H2,1H3/t7-,8-,9+/m0/s1. The fourth-order valence-electron chi connectivity index (χ4n) is 2.33. The van der Waals surface area contributed by atoms with Gasteiger partial charge in [-0.05, 0) is 13.3 Å². The van der Waals surface area contributed by atoms with Gasteiger partial charge in [0.15, 0.2) is 0 Å². The summed E-state index contributed by atoms with van der Waals surface area (Å²) < 4.78 is 5.00. The van der Waals surface area contributed by atoms with Crippen LogP contribution in [0, 0.1) is 17.8 Å². The van der Waals surface area contributed by atoms with Crippen LogP contribution in [-0.2, 0) is 9.53 Å². The van der Waals surface area contributed by atoms with Crippen molar-refractivity contribution in [3.8, 4) is 0 Å². The molecule has 3 atom stereocenters. The van der Waals surface area contributed by atoms with Crippen molar-refractivity contribution in [1.82, 2.24) is 0 Å². The molecule has 1 saturated heterocycles. The van der Waals surface area contributed by atoms with E-state index in [2.05, 4.69) is 6.08 Å². The second-order valence-electron chi connectivity index (χ2n) is 3.87. The number of hydrogen-bond donors (Lipinski definition) is 1. The molecule has 0 aromatic rings. The maximum atomic E-state index is 11.2. The number of fused-ring (bicyclic) bond motifs is 1. The van der Waals surface area contributed by atoms with E-state index in [1.807, 2.05) is 6.92 Å². The summed E-state index contributed by atoms with van der Waals surface area (Å²) in [6, 6.07) is 0. The third-order valence-corrected chi connectivity index (χ3v) is 3.23. The average molecular weight is 182 g/mol. The molecule has 0 amide bonds. The number of rotatable bonds is 1. The number of hydrogen-bond acceptors (Lipinski definition) is 3. The van der Waals surface area contributed by atoms with E-state index in [9.17, 15) is 9.90 Å². The number of esters is 1. The van der Waals surface area contributed by atoms with Crippen molar-refractivity contribution in [3.05, 3.63) is 11.6 Å². The zero-order valence-corrected chi connectivity index (χ0v) is 7.69. The van der Waals surface area contributed by atoms with E-state index in [1.54, 1.807) is 0 Å². The van der Waals surface area contributed by atoms with E-state index in [1.165, 1.54) is 5.57 Å². The summed E-state index contributed by atoms with van der Waals surface area (Å²) in [6.07, 6.45) is 2.83. The lowest BCUT2D eigenvalue weighted by Crippen LogP contribution is -2.30. The molecule has 1 fully saturated rings. The summed E-state index contributed by atoms with van der Waals surface area (Å²) in [5, 5.41) is 9.19. The predicted molar refractivity (Wildman–Crippen MR) is 46.9 cm³/mol. The van der Waals surface area contributed by atoms with Crippen molar-refractivity contribution in [1.29, 1.82) is 0 Å². The molecule has 2 aliphatic rings. The molecule has 0 bridgehead atoms. The second kappa shape index (κ2) is 3.14. The molecule has 72 valence electrons. The first-order valence-corrected chi connectivity index (χ1v) is 4.68. The molecule has 0 radical (unpaired) electrons. The van der Waals surface area contributed by atoms with Gasteiger partial charge in [-0.1, -0.05) is 11.6 Å². The van der Waals surface area contributed by atoms with Crippen molar-refractivity contribution in [2.24, 2.45) is 17.8 Å². The third kappa shape index (κ3) is 1.27. The van der Waals surface area contributed by atoms with Crippen LogP contribution in [-0.4, -0.2) is 24.3 Å². The van der Waals surface area contributed by atoms with E-state index in [4.69, 9.17) is 4.74 Å². The molecule has 2 rings (SSSR count). The van der Waals surface area contributed by atoms with Crippen LogP contribution in [0.1, 0.15) is 13.3 Å². The van der Waals surface area contributed by atoms with Crippen molar-refractivity contribution >= 4 is 5.97 Å². The fourth-order valence-corrected chi connectivity index (χ4v) is 2.33. The summed E-state index contributed by atoms with van der Waals surface area (Å²) >= 11 is 0. The van der Waals surface area contributed by atoms with Crippen LogP contribution in [0.15, 0.2) is 11.6 Å². The van der Waals surface area contributed by atoms with Crippen LogP contribution < -0.4 is 0 Å². The number of cyclic esters (lactones) is 1. The average Bonchev–Trinajstić information content (AvgIpc) is 2.48. The lowest BCUT2D eigenvalue weighted by molar-refractivity contribution is -0.141. The van der Waals surface area contributed by atoms with Gasteiger partial charge < -0.3 is 9.84 Å². The molecule has 0 aromatic carbocycles. The smallest absolute Gasteiger partial charge is 0.309 e. The summed E-state index contributed by atoms with van der Waals surface area (Å²) in [4.78, 5) is 11.2. The lowest BCUT2D eigenvalue weighted by Gasteiger charge is -2.28. The Labute approximate surface area is 77.4 Å². The van der Waals surface area contributed by atoms with Crippen LogP contribution in [0.3, 0.4) is 0 Å². The van der Waals surface area contributed by atoms with Crippen LogP contribution in [0.4, 0.5) is 0 Å². The highest BCUT2D eigenvalue weighted by Crippen LogP contribution is 2.39. The van der Waals surface area contributed by atoms with Crippen LogP contribution in [0.2, 0.25) is 0 Å². The molecule has 0 spiro atoms. The Morgan fingerprint density at radius 3 is 3.15 bits per heavy atom. The Morgan fingerprint density at radius 1 is 1.69 bits per heavy atom. The molecule has 3 heteroatoms. The second-order valence-corrected chi connectivity index (χ2v) is 3.87. The molecule has 1 N–H and O–H groups in total. The molecule has 3 nitrogen and oxygen atoms in total. The first kappa shape index (κ1) is 8.75. The quantitative estimate of drug-likeness (QED) is 0.480. The molecule has 0 unspecified atom stereocenters. The van der Waals surface area contributed by atoms with E-state index in [0.717, 1.165) is 6.42 Å². The van der Waals surface area contributed by atoms with E-state index >= 15 is 0 Å². The Bertz CT molecular complexity index is 257. The number of allylic oxidation sites excluding steroid dienone is 1. The van der Waals surface area contributed by atoms with Gasteiger partial charge in [-0.25, -0.2) is 0 Å². The predicted octanol–water partition coefficient (Wildman–Crippen LogP) is 0.734. The van der Waals surface area contributed by atoms with Crippen molar-refractivity contribution in [2.45, 2.75) is 13.3 Å². The van der Waals surface area contributed by atoms with Gasteiger partial charge in [-0.3, -0.25) is 4.79 Å². The van der Waals surface area contributed by atoms with E-state index < -0.39 is 0 Å². The Morgan fingerprint density at radius 2 is 2.46 bits per heavy atom. The van der Waals surface area contributed by atoms with Gasteiger partial charge in [0, 0.05) is 11.8 Å². The van der Waals surface area contributed by atoms with E-state index in [-0.39, 0.29) is 30.3 Å². The van der Waals surface area contributed by atoms with E-state index in [0.29, 0.717) is 6.61 Å². The summed E-state index contributed by atoms with van der Waals surface area (Å²) in [5.74, 6) is 0.251. The SMILES string of the molecule is CC1=CC[C@@H]2C(=O)OC[C@H]2[C@H]1CO. The summed E-state index contributed by atoms with van der Waals surface area (Å²) in [5.41, 5.74) is 1.20. The molecule has 13 heavy (non-hydrogen) atoms. The first-order valence-electron chi connectivity index (χ1n) is 4.68. The largest absolute Gasteiger partial charge is 0.465 e. The zero-order chi connectivity index (χ0) is 9.42. The number of aliphatic hydroxyl groups is 1. The van der Waals surface area contributed by atoms with Gasteiger partial charge in [0.2, 0.25) is 0 Å². The fraction of sp³-hybridized carbons (Fsp3) is 0.700. The van der Waals surface area contributed by atoms with Gasteiger partial charge in [-0.2, -0.15) is 0 Å². The first-order chi connectivity index (χ1) is 6.24. The van der Waals surface area contributed by atoms with Crippen molar-refractivity contribution in [3.63, 3.8) is 0 Å². The van der Waals surface area contributed by atoms with Crippen molar-refractivity contribution in [2.75, 3.05) is 13.2 Å². The van der Waals surface area contributed by atoms with Crippen LogP contribution in [0.25, 0.3) is 0 Å². The lowest BCUT2D eigenvalue weighted by atomic mass is 9.74. The Balaban J connectivity index is 2.23. The van der Waals surface area contributed by atoms with Crippen LogP contribution >= 0.6 is 0 Å². The molecular formula is C10H14O3. The Hall–Kier alpha value is -0.830. The monoisotopic (exact) mass is 182 g/mol. The highest BCUT2D eigenvalue weighted by molar-refractivity contribution is 5.75. The topological polar surface area (TPSA) is 46.5 Å². The molecule has 0 aromatic heterocycles. The zero-order valence-electron chi connectivity index (χ0n) is 7.69. The highest BCUT2D eigenvalue weighted by atomic mass is 16.5. The highest BCUT2D eigenvalue weighted by Gasteiger charge is 2.43. The normalized spacial score (nSPS) is 38.2. The van der Waals surface area contributed by atoms with Crippen LogP contribution in [0.5, 0.6) is 0 Å². The summed E-state index contributed by atoms with van der Waals surface area (Å²) in [6.45, 7) is 2.62. The molecular weight excluding hydrogens is 168 g/mol. The minimum Gasteiger partial charge on any atom is -0.465 e. The van der Waals surface area contributed by atoms with Gasteiger partial charge >= 0.3 is 5.97 Å². The maximum Gasteiger partial charge on any atom is 0.309 e. The number of ether oxygens (including phenoxy) is 1. The van der Waals surface area contributed by atoms with Gasteiger partial charge in [-0.15, -0.1) is 0 Å². The van der Waals surface area contributed by atoms with Crippen molar-refractivity contribution < 1.29 is 14.6 Å². The molecule has 0 saturated carbocycles. The minimum absolute atomic E-state index is 0.000787. The number of carbonyl (C=O) groups is 1. The number of carbonyl (C=O) groups excluding carboxylic acids is 1. The van der Waals surface area contributed by atoms with Gasteiger partial charge in [0.05, 0.1) is 19.1 Å². The van der Waals surface area contributed by atoms with Gasteiger partial charge in [0.25, 0.3) is 0 Å². The Kier molecular flexibility index (Phi) is 2.12. The summed E-state index contributed by atoms with van der Waals surface area (Å²) in [7, 11) is 0. The molecule has 1 aliphatic carbocycles. The molecule has 1 aliphatic heterocycles. The van der Waals surface area contributed by atoms with Gasteiger partial charge in [0.1, 0.15) is 0 Å².